The summed E-state index contributed by atoms with van der Waals surface area (Å²) in [5.41, 5.74) is 1.49. The minimum absolute atomic E-state index is 0.0234. The molecule has 3 aromatic carbocycles. The average molecular weight is 662 g/mol. The monoisotopic (exact) mass is 661 g/mol. The fraction of sp³-hybridized carbons (Fsp3) is 0.324. The molecule has 14 heteroatoms. The van der Waals surface area contributed by atoms with Crippen LogP contribution in [0.5, 0.6) is 0 Å². The summed E-state index contributed by atoms with van der Waals surface area (Å²) in [6, 6.07) is 19.3. The van der Waals surface area contributed by atoms with Gasteiger partial charge in [0.25, 0.3) is 5.69 Å². The van der Waals surface area contributed by atoms with E-state index in [4.69, 9.17) is 4.74 Å². The van der Waals surface area contributed by atoms with E-state index in [1.54, 1.807) is 48.5 Å². The van der Waals surface area contributed by atoms with Crippen LogP contribution in [-0.2, 0) is 36.9 Å². The molecule has 3 rings (SSSR count). The van der Waals surface area contributed by atoms with E-state index in [1.807, 2.05) is 26.0 Å². The van der Waals surface area contributed by atoms with Gasteiger partial charge in [-0.15, -0.1) is 0 Å². The lowest BCUT2D eigenvalue weighted by Crippen LogP contribution is -2.57. The van der Waals surface area contributed by atoms with Gasteiger partial charge in [0.05, 0.1) is 4.92 Å². The normalized spacial score (nSPS) is 12.6. The summed E-state index contributed by atoms with van der Waals surface area (Å²) in [7, 11) is 0. The predicted octanol–water partition coefficient (Wildman–Crippen LogP) is 3.95. The van der Waals surface area contributed by atoms with Crippen LogP contribution in [0.15, 0.2) is 84.9 Å². The highest BCUT2D eigenvalue weighted by Crippen LogP contribution is 2.16. The third kappa shape index (κ3) is 12.5. The SMILES string of the molecule is CC(C)C[C@H](NC(=O)[C@H](Cc1ccccc1)NC(=O)OCc1ccccc1)C(=O)N[C@@H](CCC(=O)O)C(=O)Nc1ccc([N+](=O)[O-])cc1. The van der Waals surface area contributed by atoms with Crippen molar-refractivity contribution in [1.82, 2.24) is 16.0 Å². The van der Waals surface area contributed by atoms with Crippen LogP contribution in [0, 0.1) is 16.0 Å². The molecule has 0 spiro atoms. The molecule has 0 aliphatic rings. The lowest BCUT2D eigenvalue weighted by molar-refractivity contribution is -0.384. The van der Waals surface area contributed by atoms with Crippen molar-refractivity contribution in [3.8, 4) is 0 Å². The second kappa shape index (κ2) is 18.4. The molecule has 0 radical (unpaired) electrons. The molecule has 0 aromatic heterocycles. The Bertz CT molecular complexity index is 1550. The molecule has 0 heterocycles. The van der Waals surface area contributed by atoms with Crippen LogP contribution in [0.25, 0.3) is 0 Å². The summed E-state index contributed by atoms with van der Waals surface area (Å²) in [4.78, 5) is 74.8. The predicted molar refractivity (Wildman–Crippen MR) is 176 cm³/mol. The van der Waals surface area contributed by atoms with E-state index in [0.717, 1.165) is 11.1 Å². The average Bonchev–Trinajstić information content (AvgIpc) is 3.05. The molecule has 0 saturated carbocycles. The summed E-state index contributed by atoms with van der Waals surface area (Å²) < 4.78 is 5.32. The van der Waals surface area contributed by atoms with Crippen LogP contribution in [0.2, 0.25) is 0 Å². The zero-order chi connectivity index (χ0) is 35.1. The van der Waals surface area contributed by atoms with Gasteiger partial charge in [0.2, 0.25) is 17.7 Å². The molecule has 0 bridgehead atoms. The highest BCUT2D eigenvalue weighted by atomic mass is 16.6. The van der Waals surface area contributed by atoms with Crippen LogP contribution in [0.1, 0.15) is 44.2 Å². The summed E-state index contributed by atoms with van der Waals surface area (Å²) >= 11 is 0. The highest BCUT2D eigenvalue weighted by Gasteiger charge is 2.31. The van der Waals surface area contributed by atoms with Gasteiger partial charge in [0.1, 0.15) is 24.7 Å². The van der Waals surface area contributed by atoms with Gasteiger partial charge in [-0.2, -0.15) is 0 Å². The van der Waals surface area contributed by atoms with E-state index in [-0.39, 0.29) is 43.2 Å². The van der Waals surface area contributed by atoms with Gasteiger partial charge in [0.15, 0.2) is 0 Å². The van der Waals surface area contributed by atoms with E-state index in [9.17, 15) is 39.2 Å². The number of nitro benzene ring substituents is 1. The zero-order valence-corrected chi connectivity index (χ0v) is 26.6. The quantitative estimate of drug-likeness (QED) is 0.105. The molecule has 3 aromatic rings. The van der Waals surface area contributed by atoms with Crippen LogP contribution in [0.4, 0.5) is 16.2 Å². The minimum atomic E-state index is -1.32. The largest absolute Gasteiger partial charge is 0.481 e. The molecule has 14 nitrogen and oxygen atoms in total. The Balaban J connectivity index is 1.76. The third-order valence-electron chi connectivity index (χ3n) is 7.07. The number of carbonyl (C=O) groups is 5. The molecular formula is C34H39N5O9. The van der Waals surface area contributed by atoms with Crippen molar-refractivity contribution >= 4 is 41.2 Å². The molecule has 48 heavy (non-hydrogen) atoms. The number of rotatable bonds is 17. The smallest absolute Gasteiger partial charge is 0.408 e. The Labute approximate surface area is 277 Å². The van der Waals surface area contributed by atoms with Crippen LogP contribution < -0.4 is 21.3 Å². The van der Waals surface area contributed by atoms with Gasteiger partial charge in [-0.25, -0.2) is 4.79 Å². The Hall–Kier alpha value is -5.79. The number of ether oxygens (including phenoxy) is 1. The van der Waals surface area contributed by atoms with Crippen molar-refractivity contribution in [2.24, 2.45) is 5.92 Å². The number of nitrogens with one attached hydrogen (secondary N) is 4. The number of carboxylic acid groups (broad SMARTS) is 1. The molecule has 0 unspecified atom stereocenters. The van der Waals surface area contributed by atoms with Crippen molar-refractivity contribution in [2.75, 3.05) is 5.32 Å². The number of hydrogen-bond donors (Lipinski definition) is 5. The lowest BCUT2D eigenvalue weighted by Gasteiger charge is -2.26. The molecule has 5 N–H and O–H groups in total. The number of amides is 4. The van der Waals surface area contributed by atoms with Gasteiger partial charge in [0, 0.05) is 30.7 Å². The van der Waals surface area contributed by atoms with Crippen LogP contribution >= 0.6 is 0 Å². The Morgan fingerprint density at radius 3 is 1.88 bits per heavy atom. The second-order valence-corrected chi connectivity index (χ2v) is 11.4. The molecule has 254 valence electrons. The van der Waals surface area contributed by atoms with Crippen molar-refractivity contribution in [3.63, 3.8) is 0 Å². The van der Waals surface area contributed by atoms with E-state index in [2.05, 4.69) is 21.3 Å². The van der Waals surface area contributed by atoms with Crippen molar-refractivity contribution in [1.29, 1.82) is 0 Å². The number of benzene rings is 3. The van der Waals surface area contributed by atoms with E-state index < -0.39 is 59.3 Å². The Morgan fingerprint density at radius 2 is 1.31 bits per heavy atom. The van der Waals surface area contributed by atoms with E-state index >= 15 is 0 Å². The Kier molecular flexibility index (Phi) is 14.0. The maximum atomic E-state index is 13.6. The van der Waals surface area contributed by atoms with Gasteiger partial charge in [-0.05, 0) is 42.0 Å². The van der Waals surface area contributed by atoms with Crippen molar-refractivity contribution < 1.29 is 38.7 Å². The zero-order valence-electron chi connectivity index (χ0n) is 26.6. The first-order chi connectivity index (χ1) is 22.9. The number of anilines is 1. The van der Waals surface area contributed by atoms with Crippen LogP contribution in [-0.4, -0.2) is 57.9 Å². The third-order valence-corrected chi connectivity index (χ3v) is 7.07. The molecule has 0 aliphatic heterocycles. The lowest BCUT2D eigenvalue weighted by atomic mass is 10.0. The van der Waals surface area contributed by atoms with E-state index in [0.29, 0.717) is 0 Å². The van der Waals surface area contributed by atoms with Gasteiger partial charge in [-0.3, -0.25) is 29.3 Å². The van der Waals surface area contributed by atoms with Gasteiger partial charge in [-0.1, -0.05) is 74.5 Å². The number of nitro groups is 1. The molecular weight excluding hydrogens is 622 g/mol. The first kappa shape index (κ1) is 36.7. The maximum Gasteiger partial charge on any atom is 0.408 e. The summed E-state index contributed by atoms with van der Waals surface area (Å²) in [5.74, 6) is -3.45. The number of hydrogen-bond acceptors (Lipinski definition) is 8. The summed E-state index contributed by atoms with van der Waals surface area (Å²) in [5, 5.41) is 30.6. The summed E-state index contributed by atoms with van der Waals surface area (Å²) in [6.07, 6.45) is -1.32. The molecule has 0 aliphatic carbocycles. The molecule has 0 saturated heterocycles. The highest BCUT2D eigenvalue weighted by molar-refractivity contribution is 5.99. The van der Waals surface area contributed by atoms with Gasteiger partial charge >= 0.3 is 12.1 Å². The fourth-order valence-electron chi connectivity index (χ4n) is 4.65. The Morgan fingerprint density at radius 1 is 0.750 bits per heavy atom. The first-order valence-electron chi connectivity index (χ1n) is 15.3. The summed E-state index contributed by atoms with van der Waals surface area (Å²) in [6.45, 7) is 3.64. The van der Waals surface area contributed by atoms with Crippen molar-refractivity contribution in [3.05, 3.63) is 106 Å². The number of alkyl carbamates (subject to hydrolysis) is 1. The van der Waals surface area contributed by atoms with Crippen molar-refractivity contribution in [2.45, 2.75) is 64.3 Å². The fourth-order valence-corrected chi connectivity index (χ4v) is 4.65. The van der Waals surface area contributed by atoms with E-state index in [1.165, 1.54) is 24.3 Å². The first-order valence-corrected chi connectivity index (χ1v) is 15.3. The molecule has 3 atom stereocenters. The molecule has 4 amide bonds. The molecule has 0 fully saturated rings. The van der Waals surface area contributed by atoms with Gasteiger partial charge < -0.3 is 31.1 Å². The topological polar surface area (TPSA) is 206 Å². The maximum absolute atomic E-state index is 13.6. The van der Waals surface area contributed by atoms with Crippen LogP contribution in [0.3, 0.4) is 0 Å². The standard InChI is InChI=1S/C34H39N5O9/c1-22(2)19-28(32(43)36-27(17-18-30(40)41)31(42)35-25-13-15-26(16-14-25)39(46)47)37-33(44)29(20-23-9-5-3-6-10-23)38-34(45)48-21-24-11-7-4-8-12-24/h3-16,22,27-29H,17-21H2,1-2H3,(H,35,42)(H,36,43)(H,37,44)(H,38,45)(H,40,41)/t27-,28-,29-/m0/s1. The number of aliphatic carboxylic acids is 1. The number of carboxylic acids is 1. The number of nitrogens with zero attached hydrogens (tertiary/aromatic N) is 1. The minimum Gasteiger partial charge on any atom is -0.481 e. The number of non-ortho nitro benzene ring substituents is 1. The number of carbonyl (C=O) groups excluding carboxylic acids is 4. The second-order valence-electron chi connectivity index (χ2n) is 11.4.